The number of carbonyl (C=O) groups excluding carboxylic acids is 2. The Morgan fingerprint density at radius 2 is 1.83 bits per heavy atom. The Kier molecular flexibility index (Phi) is 5.59. The summed E-state index contributed by atoms with van der Waals surface area (Å²) < 4.78 is 17.6. The van der Waals surface area contributed by atoms with Gasteiger partial charge in [-0.3, -0.25) is 4.79 Å². The molecule has 2 heterocycles. The second-order valence-electron chi connectivity index (χ2n) is 6.28. The molecule has 0 fully saturated rings. The lowest BCUT2D eigenvalue weighted by Gasteiger charge is -2.31. The number of methoxy groups -OCH3 is 2. The molecule has 8 heteroatoms. The Morgan fingerprint density at radius 3 is 2.38 bits per heavy atom. The summed E-state index contributed by atoms with van der Waals surface area (Å²) in [6.07, 6.45) is 1.48. The van der Waals surface area contributed by atoms with Gasteiger partial charge in [0.1, 0.15) is 11.6 Å². The number of carbonyl (C=O) groups is 2. The Balaban J connectivity index is 2.22. The lowest BCUT2D eigenvalue weighted by Crippen LogP contribution is -2.33. The topological polar surface area (TPSA) is 93.8 Å². The normalized spacial score (nSPS) is 12.5. The highest BCUT2D eigenvalue weighted by Crippen LogP contribution is 2.42. The van der Waals surface area contributed by atoms with Crippen molar-refractivity contribution in [2.75, 3.05) is 25.7 Å². The van der Waals surface area contributed by atoms with Crippen molar-refractivity contribution in [2.24, 2.45) is 0 Å². The van der Waals surface area contributed by atoms with Crippen LogP contribution >= 0.6 is 0 Å². The number of fused-ring (bicyclic) bond motifs is 3. The van der Waals surface area contributed by atoms with Crippen molar-refractivity contribution in [3.05, 3.63) is 41.2 Å². The van der Waals surface area contributed by atoms with Crippen LogP contribution in [0, 0.1) is 11.3 Å². The van der Waals surface area contributed by atoms with Crippen molar-refractivity contribution < 1.29 is 23.8 Å². The second kappa shape index (κ2) is 8.10. The van der Waals surface area contributed by atoms with Crippen LogP contribution in [0.2, 0.25) is 0 Å². The van der Waals surface area contributed by atoms with E-state index >= 15 is 0 Å². The molecular weight excluding hydrogens is 374 g/mol. The number of amides is 1. The molecule has 0 atom stereocenters. The molecule has 1 aliphatic heterocycles. The third-order valence-electron chi connectivity index (χ3n) is 4.61. The first kappa shape index (κ1) is 20.0. The minimum absolute atomic E-state index is 0.108. The summed E-state index contributed by atoms with van der Waals surface area (Å²) in [7, 11) is 3.06. The van der Waals surface area contributed by atoms with Crippen LogP contribution in [0.3, 0.4) is 0 Å². The summed E-state index contributed by atoms with van der Waals surface area (Å²) in [5.41, 5.74) is 2.65. The van der Waals surface area contributed by atoms with Gasteiger partial charge in [-0.2, -0.15) is 5.26 Å². The quantitative estimate of drug-likeness (QED) is 0.439. The fourth-order valence-corrected chi connectivity index (χ4v) is 3.30. The number of nitrogens with zero attached hydrogens (tertiary/aromatic N) is 3. The number of rotatable bonds is 5. The van der Waals surface area contributed by atoms with E-state index in [1.165, 1.54) is 27.2 Å². The SMILES string of the molecule is CCOC(=O)/C(C#N)=C\c1ccc2n1-c1cc(OC)c(OC)cc1N(C(C)=O)C2. The second-order valence-corrected chi connectivity index (χ2v) is 6.28. The van der Waals surface area contributed by atoms with Gasteiger partial charge in [0.2, 0.25) is 5.91 Å². The molecule has 29 heavy (non-hydrogen) atoms. The number of ether oxygens (including phenoxy) is 3. The molecule has 3 rings (SSSR count). The highest BCUT2D eigenvalue weighted by atomic mass is 16.5. The molecular formula is C21H21N3O5. The summed E-state index contributed by atoms with van der Waals surface area (Å²) >= 11 is 0. The van der Waals surface area contributed by atoms with Crippen molar-refractivity contribution >= 4 is 23.6 Å². The van der Waals surface area contributed by atoms with Gasteiger partial charge in [-0.15, -0.1) is 0 Å². The highest BCUT2D eigenvalue weighted by molar-refractivity contribution is 5.98. The number of anilines is 1. The standard InChI is InChI=1S/C21H21N3O5/c1-5-29-21(26)14(11-22)8-15-6-7-16-12-23(13(2)25)17-9-19(27-3)20(28-4)10-18(17)24(15)16/h6-10H,5,12H2,1-4H3/b14-8-. The Bertz CT molecular complexity index is 1050. The largest absolute Gasteiger partial charge is 0.493 e. The molecule has 1 aliphatic rings. The van der Waals surface area contributed by atoms with E-state index in [0.717, 1.165) is 5.69 Å². The molecule has 0 radical (unpaired) electrons. The zero-order valence-corrected chi connectivity index (χ0v) is 16.7. The molecule has 0 saturated carbocycles. The van der Waals surface area contributed by atoms with Gasteiger partial charge >= 0.3 is 5.97 Å². The van der Waals surface area contributed by atoms with Crippen LogP contribution in [0.4, 0.5) is 5.69 Å². The van der Waals surface area contributed by atoms with Crippen molar-refractivity contribution in [1.29, 1.82) is 5.26 Å². The first-order chi connectivity index (χ1) is 13.9. The first-order valence-corrected chi connectivity index (χ1v) is 8.99. The third-order valence-corrected chi connectivity index (χ3v) is 4.61. The van der Waals surface area contributed by atoms with E-state index in [0.29, 0.717) is 35.1 Å². The average Bonchev–Trinajstić information content (AvgIpc) is 3.12. The summed E-state index contributed by atoms with van der Waals surface area (Å²) in [5, 5.41) is 9.37. The van der Waals surface area contributed by atoms with Crippen LogP contribution < -0.4 is 14.4 Å². The van der Waals surface area contributed by atoms with Gasteiger partial charge < -0.3 is 23.7 Å². The van der Waals surface area contributed by atoms with E-state index in [-0.39, 0.29) is 18.1 Å². The maximum absolute atomic E-state index is 12.2. The Hall–Kier alpha value is -3.73. The predicted octanol–water partition coefficient (Wildman–Crippen LogP) is 2.83. The summed E-state index contributed by atoms with van der Waals surface area (Å²) in [5.74, 6) is 0.193. The number of nitriles is 1. The van der Waals surface area contributed by atoms with Gasteiger partial charge in [0.05, 0.1) is 38.7 Å². The molecule has 0 aliphatic carbocycles. The van der Waals surface area contributed by atoms with Gasteiger partial charge in [0.25, 0.3) is 0 Å². The molecule has 1 amide bonds. The van der Waals surface area contributed by atoms with E-state index in [1.54, 1.807) is 30.0 Å². The Morgan fingerprint density at radius 1 is 1.17 bits per heavy atom. The van der Waals surface area contributed by atoms with Crippen molar-refractivity contribution in [3.63, 3.8) is 0 Å². The van der Waals surface area contributed by atoms with Gasteiger partial charge in [0.15, 0.2) is 11.5 Å². The maximum Gasteiger partial charge on any atom is 0.348 e. The molecule has 0 saturated heterocycles. The minimum atomic E-state index is -0.681. The van der Waals surface area contributed by atoms with Crippen molar-refractivity contribution in [3.8, 4) is 23.3 Å². The number of benzene rings is 1. The van der Waals surface area contributed by atoms with E-state index < -0.39 is 5.97 Å². The lowest BCUT2D eigenvalue weighted by molar-refractivity contribution is -0.137. The third kappa shape index (κ3) is 3.55. The molecule has 0 N–H and O–H groups in total. The molecule has 1 aromatic heterocycles. The van der Waals surface area contributed by atoms with Crippen molar-refractivity contribution in [2.45, 2.75) is 20.4 Å². The molecule has 0 unspecified atom stereocenters. The van der Waals surface area contributed by atoms with Gasteiger partial charge in [-0.05, 0) is 25.1 Å². The number of aromatic nitrogens is 1. The van der Waals surface area contributed by atoms with Crippen molar-refractivity contribution in [1.82, 2.24) is 4.57 Å². The molecule has 150 valence electrons. The van der Waals surface area contributed by atoms with Gasteiger partial charge in [0, 0.05) is 30.4 Å². The molecule has 2 aromatic rings. The monoisotopic (exact) mass is 395 g/mol. The van der Waals surface area contributed by atoms with Crippen LogP contribution in [0.25, 0.3) is 11.8 Å². The molecule has 0 spiro atoms. The van der Waals surface area contributed by atoms with E-state index in [9.17, 15) is 14.9 Å². The Labute approximate surface area is 168 Å². The molecule has 1 aromatic carbocycles. The van der Waals surface area contributed by atoms with E-state index in [2.05, 4.69) is 0 Å². The lowest BCUT2D eigenvalue weighted by atomic mass is 10.1. The number of hydrogen-bond donors (Lipinski definition) is 0. The first-order valence-electron chi connectivity index (χ1n) is 8.99. The summed E-state index contributed by atoms with van der Waals surface area (Å²) in [6, 6.07) is 9.03. The average molecular weight is 395 g/mol. The smallest absolute Gasteiger partial charge is 0.348 e. The van der Waals surface area contributed by atoms with E-state index in [4.69, 9.17) is 14.2 Å². The molecule has 8 nitrogen and oxygen atoms in total. The highest BCUT2D eigenvalue weighted by Gasteiger charge is 2.28. The van der Waals surface area contributed by atoms with Crippen LogP contribution in [0.1, 0.15) is 25.2 Å². The van der Waals surface area contributed by atoms with Crippen LogP contribution in [0.5, 0.6) is 11.5 Å². The zero-order valence-electron chi connectivity index (χ0n) is 16.7. The molecule has 0 bridgehead atoms. The van der Waals surface area contributed by atoms with Crippen LogP contribution in [-0.2, 0) is 20.9 Å². The fraction of sp³-hybridized carbons (Fsp3) is 0.286. The van der Waals surface area contributed by atoms with Gasteiger partial charge in [-0.1, -0.05) is 0 Å². The predicted molar refractivity (Wildman–Crippen MR) is 106 cm³/mol. The summed E-state index contributed by atoms with van der Waals surface area (Å²) in [6.45, 7) is 3.69. The van der Waals surface area contributed by atoms with Crippen LogP contribution in [0.15, 0.2) is 29.8 Å². The van der Waals surface area contributed by atoms with Crippen LogP contribution in [-0.4, -0.2) is 37.3 Å². The fourth-order valence-electron chi connectivity index (χ4n) is 3.30. The summed E-state index contributed by atoms with van der Waals surface area (Å²) in [4.78, 5) is 25.9. The zero-order chi connectivity index (χ0) is 21.1. The number of esters is 1. The van der Waals surface area contributed by atoms with E-state index in [1.807, 2.05) is 16.7 Å². The minimum Gasteiger partial charge on any atom is -0.493 e. The van der Waals surface area contributed by atoms with Gasteiger partial charge in [-0.25, -0.2) is 4.79 Å². The maximum atomic E-state index is 12.2. The number of hydrogen-bond acceptors (Lipinski definition) is 6.